The molecule has 0 saturated carbocycles. The number of fused-ring (bicyclic) bond motifs is 1. The van der Waals surface area contributed by atoms with E-state index in [2.05, 4.69) is 15.6 Å². The quantitative estimate of drug-likeness (QED) is 0.721. The summed E-state index contributed by atoms with van der Waals surface area (Å²) in [6.07, 6.45) is 0. The van der Waals surface area contributed by atoms with Crippen LogP contribution in [0, 0.1) is 0 Å². The van der Waals surface area contributed by atoms with Gasteiger partial charge in [0.2, 0.25) is 6.79 Å². The predicted molar refractivity (Wildman–Crippen MR) is 99.3 cm³/mol. The normalized spacial score (nSPS) is 11.9. The molecule has 0 bridgehead atoms. The number of aromatic nitrogens is 1. The van der Waals surface area contributed by atoms with Gasteiger partial charge in [0.1, 0.15) is 5.75 Å². The summed E-state index contributed by atoms with van der Waals surface area (Å²) in [4.78, 5) is 16.6. The Bertz CT molecular complexity index is 940. The lowest BCUT2D eigenvalue weighted by molar-refractivity contribution is 0.174. The summed E-state index contributed by atoms with van der Waals surface area (Å²) in [5, 5.41) is 7.88. The van der Waals surface area contributed by atoms with Crippen molar-refractivity contribution in [3.8, 4) is 28.5 Å². The molecule has 0 atom stereocenters. The second-order valence-electron chi connectivity index (χ2n) is 5.41. The van der Waals surface area contributed by atoms with E-state index in [-0.39, 0.29) is 12.8 Å². The van der Waals surface area contributed by atoms with Crippen molar-refractivity contribution in [1.82, 2.24) is 4.98 Å². The van der Waals surface area contributed by atoms with Gasteiger partial charge in [-0.1, -0.05) is 0 Å². The molecule has 0 saturated heterocycles. The van der Waals surface area contributed by atoms with Crippen LogP contribution in [-0.4, -0.2) is 24.9 Å². The van der Waals surface area contributed by atoms with Crippen molar-refractivity contribution in [3.05, 3.63) is 47.8 Å². The molecular weight excluding hydrogens is 354 g/mol. The van der Waals surface area contributed by atoms with E-state index in [1.807, 2.05) is 29.6 Å². The first-order valence-corrected chi connectivity index (χ1v) is 8.67. The number of hydrogen-bond donors (Lipinski definition) is 2. The van der Waals surface area contributed by atoms with Gasteiger partial charge >= 0.3 is 6.03 Å². The van der Waals surface area contributed by atoms with Crippen LogP contribution in [0.1, 0.15) is 0 Å². The minimum atomic E-state index is -0.375. The first kappa shape index (κ1) is 16.2. The minimum absolute atomic E-state index is 0.193. The van der Waals surface area contributed by atoms with Crippen molar-refractivity contribution in [1.29, 1.82) is 0 Å². The highest BCUT2D eigenvalue weighted by Gasteiger charge is 2.14. The molecule has 26 heavy (non-hydrogen) atoms. The number of carbonyl (C=O) groups is 1. The van der Waals surface area contributed by atoms with E-state index in [4.69, 9.17) is 14.2 Å². The number of thiazole rings is 1. The van der Waals surface area contributed by atoms with Crippen LogP contribution in [0.2, 0.25) is 0 Å². The highest BCUT2D eigenvalue weighted by Crippen LogP contribution is 2.34. The molecule has 8 heteroatoms. The van der Waals surface area contributed by atoms with Crippen molar-refractivity contribution in [2.75, 3.05) is 24.5 Å². The van der Waals surface area contributed by atoms with Crippen molar-refractivity contribution < 1.29 is 19.0 Å². The van der Waals surface area contributed by atoms with Gasteiger partial charge in [-0.2, -0.15) is 0 Å². The average molecular weight is 369 g/mol. The molecule has 1 aromatic heterocycles. The number of urea groups is 1. The SMILES string of the molecule is COc1ccc(-c2csc(NC(=O)Nc3ccc4c(c3)OCO4)n2)cc1. The van der Waals surface area contributed by atoms with E-state index in [0.717, 1.165) is 17.0 Å². The van der Waals surface area contributed by atoms with Crippen LogP contribution >= 0.6 is 11.3 Å². The van der Waals surface area contributed by atoms with Crippen LogP contribution in [-0.2, 0) is 0 Å². The Hall–Kier alpha value is -3.26. The second kappa shape index (κ2) is 6.93. The molecule has 0 unspecified atom stereocenters. The number of anilines is 2. The fourth-order valence-electron chi connectivity index (χ4n) is 2.46. The van der Waals surface area contributed by atoms with Gasteiger partial charge in [0.25, 0.3) is 0 Å². The molecule has 2 aromatic carbocycles. The van der Waals surface area contributed by atoms with E-state index in [1.165, 1.54) is 11.3 Å². The van der Waals surface area contributed by atoms with E-state index in [9.17, 15) is 4.79 Å². The maximum absolute atomic E-state index is 12.2. The van der Waals surface area contributed by atoms with Crippen molar-refractivity contribution in [3.63, 3.8) is 0 Å². The van der Waals surface area contributed by atoms with Crippen LogP contribution in [0.15, 0.2) is 47.8 Å². The molecule has 0 aliphatic carbocycles. The largest absolute Gasteiger partial charge is 0.497 e. The van der Waals surface area contributed by atoms with Gasteiger partial charge in [-0.3, -0.25) is 5.32 Å². The summed E-state index contributed by atoms with van der Waals surface area (Å²) in [5.41, 5.74) is 2.35. The van der Waals surface area contributed by atoms with E-state index >= 15 is 0 Å². The fourth-order valence-corrected chi connectivity index (χ4v) is 3.17. The molecule has 132 valence electrons. The topological polar surface area (TPSA) is 81.7 Å². The van der Waals surface area contributed by atoms with Crippen LogP contribution in [0.4, 0.5) is 15.6 Å². The molecule has 7 nitrogen and oxygen atoms in total. The molecule has 4 rings (SSSR count). The molecule has 1 aliphatic heterocycles. The van der Waals surface area contributed by atoms with Gasteiger partial charge < -0.3 is 19.5 Å². The van der Waals surface area contributed by atoms with E-state index in [0.29, 0.717) is 22.3 Å². The van der Waals surface area contributed by atoms with Gasteiger partial charge in [0, 0.05) is 22.7 Å². The van der Waals surface area contributed by atoms with Crippen molar-refractivity contribution >= 4 is 28.2 Å². The third-order valence-corrected chi connectivity index (χ3v) is 4.50. The van der Waals surface area contributed by atoms with Gasteiger partial charge in [0.05, 0.1) is 12.8 Å². The Morgan fingerprint density at radius 2 is 1.92 bits per heavy atom. The van der Waals surface area contributed by atoms with Gasteiger partial charge in [-0.05, 0) is 36.4 Å². The van der Waals surface area contributed by atoms with E-state index < -0.39 is 0 Å². The van der Waals surface area contributed by atoms with Crippen molar-refractivity contribution in [2.24, 2.45) is 0 Å². The average Bonchev–Trinajstić information content (AvgIpc) is 3.30. The molecule has 0 radical (unpaired) electrons. The Kier molecular flexibility index (Phi) is 4.32. The Labute approximate surface area is 153 Å². The van der Waals surface area contributed by atoms with Crippen LogP contribution < -0.4 is 24.8 Å². The maximum Gasteiger partial charge on any atom is 0.325 e. The monoisotopic (exact) mass is 369 g/mol. The molecule has 0 spiro atoms. The number of ether oxygens (including phenoxy) is 3. The number of amides is 2. The minimum Gasteiger partial charge on any atom is -0.497 e. The number of methoxy groups -OCH3 is 1. The Morgan fingerprint density at radius 3 is 2.73 bits per heavy atom. The summed E-state index contributed by atoms with van der Waals surface area (Å²) < 4.78 is 15.7. The van der Waals surface area contributed by atoms with Crippen LogP contribution in [0.5, 0.6) is 17.2 Å². The highest BCUT2D eigenvalue weighted by molar-refractivity contribution is 7.14. The van der Waals surface area contributed by atoms with Crippen LogP contribution in [0.3, 0.4) is 0 Å². The summed E-state index contributed by atoms with van der Waals surface area (Å²) in [6, 6.07) is 12.4. The smallest absolute Gasteiger partial charge is 0.325 e. The van der Waals surface area contributed by atoms with Crippen molar-refractivity contribution in [2.45, 2.75) is 0 Å². The number of nitrogens with one attached hydrogen (secondary N) is 2. The molecule has 2 N–H and O–H groups in total. The third-order valence-electron chi connectivity index (χ3n) is 3.74. The molecule has 2 amide bonds. The zero-order valence-electron chi connectivity index (χ0n) is 13.8. The first-order valence-electron chi connectivity index (χ1n) is 7.79. The number of benzene rings is 2. The standard InChI is InChI=1S/C18H15N3O4S/c1-23-13-5-2-11(3-6-13)14-9-26-18(20-14)21-17(22)19-12-4-7-15-16(8-12)25-10-24-15/h2-9H,10H2,1H3,(H2,19,20,21,22). The highest BCUT2D eigenvalue weighted by atomic mass is 32.1. The zero-order chi connectivity index (χ0) is 17.9. The Morgan fingerprint density at radius 1 is 1.12 bits per heavy atom. The molecule has 1 aliphatic rings. The van der Waals surface area contributed by atoms with Gasteiger partial charge in [-0.25, -0.2) is 9.78 Å². The number of hydrogen-bond acceptors (Lipinski definition) is 6. The zero-order valence-corrected chi connectivity index (χ0v) is 14.6. The van der Waals surface area contributed by atoms with E-state index in [1.54, 1.807) is 25.3 Å². The number of carbonyl (C=O) groups excluding carboxylic acids is 1. The lowest BCUT2D eigenvalue weighted by atomic mass is 10.2. The summed E-state index contributed by atoms with van der Waals surface area (Å²) in [7, 11) is 1.62. The third kappa shape index (κ3) is 3.40. The molecule has 3 aromatic rings. The lowest BCUT2D eigenvalue weighted by Gasteiger charge is -2.06. The molecular formula is C18H15N3O4S. The number of rotatable bonds is 4. The maximum atomic E-state index is 12.2. The second-order valence-corrected chi connectivity index (χ2v) is 6.27. The Balaban J connectivity index is 1.41. The molecule has 2 heterocycles. The van der Waals surface area contributed by atoms with Crippen LogP contribution in [0.25, 0.3) is 11.3 Å². The van der Waals surface area contributed by atoms with Gasteiger partial charge in [0.15, 0.2) is 16.6 Å². The summed E-state index contributed by atoms with van der Waals surface area (Å²) in [6.45, 7) is 0.193. The fraction of sp³-hybridized carbons (Fsp3) is 0.111. The summed E-state index contributed by atoms with van der Waals surface area (Å²) in [5.74, 6) is 2.06. The predicted octanol–water partition coefficient (Wildman–Crippen LogP) is 4.19. The number of nitrogens with zero attached hydrogens (tertiary/aromatic N) is 1. The molecule has 0 fully saturated rings. The first-order chi connectivity index (χ1) is 12.7. The summed E-state index contributed by atoms with van der Waals surface area (Å²) >= 11 is 1.35. The van der Waals surface area contributed by atoms with Gasteiger partial charge in [-0.15, -0.1) is 11.3 Å². The lowest BCUT2D eigenvalue weighted by Crippen LogP contribution is -2.19.